The Bertz CT molecular complexity index is 3580. The summed E-state index contributed by atoms with van der Waals surface area (Å²) in [5.74, 6) is 1.11. The van der Waals surface area contributed by atoms with Crippen LogP contribution in [0, 0.1) is 0 Å². The summed E-state index contributed by atoms with van der Waals surface area (Å²) in [6.07, 6.45) is 18.2. The van der Waals surface area contributed by atoms with Gasteiger partial charge in [-0.25, -0.2) is 9.97 Å². The first-order valence-electron chi connectivity index (χ1n) is 23.9. The Labute approximate surface area is 396 Å². The fraction of sp³-hybridized carbons (Fsp3) is 0.113. The van der Waals surface area contributed by atoms with Crippen molar-refractivity contribution in [3.8, 4) is 50.5 Å². The first-order valence-corrected chi connectivity index (χ1v) is 23.9. The molecule has 0 fully saturated rings. The SMILES string of the molecule is C1=CC2C(CC1)c1cc(-c3ccccc3)ccc1N2c1cc(-c2ccc(-c3nc(C4=CCNC=C4)cc(C4=CC=NCC4)n3)cc2)cc(-n2c3ccccc3c3cc(-c4ccccc4)ccc32)c1. The lowest BCUT2D eigenvalue weighted by Gasteiger charge is -2.31. The molecule has 0 saturated carbocycles. The predicted octanol–water partition coefficient (Wildman–Crippen LogP) is 14.6. The lowest BCUT2D eigenvalue weighted by molar-refractivity contribution is 0.573. The summed E-state index contributed by atoms with van der Waals surface area (Å²) in [5, 5.41) is 5.76. The molecule has 68 heavy (non-hydrogen) atoms. The second-order valence-electron chi connectivity index (χ2n) is 18.2. The van der Waals surface area contributed by atoms with Crippen molar-refractivity contribution >= 4 is 50.5 Å². The van der Waals surface area contributed by atoms with Gasteiger partial charge in [0.1, 0.15) is 0 Å². The molecule has 7 aromatic carbocycles. The molecule has 5 heterocycles. The number of hydrogen-bond acceptors (Lipinski definition) is 5. The van der Waals surface area contributed by atoms with E-state index in [1.807, 2.05) is 12.4 Å². The van der Waals surface area contributed by atoms with Gasteiger partial charge in [-0.15, -0.1) is 0 Å². The Kier molecular flexibility index (Phi) is 9.89. The summed E-state index contributed by atoms with van der Waals surface area (Å²) in [7, 11) is 0. The van der Waals surface area contributed by atoms with E-state index in [0.717, 1.165) is 71.7 Å². The maximum Gasteiger partial charge on any atom is 0.160 e. The Morgan fingerprint density at radius 1 is 0.574 bits per heavy atom. The average Bonchev–Trinajstić information content (AvgIpc) is 3.94. The van der Waals surface area contributed by atoms with Gasteiger partial charge in [0.05, 0.1) is 28.5 Å². The van der Waals surface area contributed by atoms with Crippen LogP contribution in [0.5, 0.6) is 0 Å². The van der Waals surface area contributed by atoms with Crippen molar-refractivity contribution in [2.24, 2.45) is 4.99 Å². The number of nitrogens with zero attached hydrogens (tertiary/aromatic N) is 5. The van der Waals surface area contributed by atoms with Crippen molar-refractivity contribution < 1.29 is 0 Å². The maximum absolute atomic E-state index is 5.18. The van der Waals surface area contributed by atoms with Crippen molar-refractivity contribution in [2.75, 3.05) is 18.0 Å². The summed E-state index contributed by atoms with van der Waals surface area (Å²) in [4.78, 5) is 17.4. The standard InChI is InChI=1S/C62H48N6/c1-3-11-41(12-4-1)47-23-25-60-54(37-47)52-15-7-9-17-58(52)67(60)50-35-49(36-51(39-50)68-59-18-10-8-16-53(59)55-38-48(24-26-61(55)68)42-13-5-2-6-14-42)43-19-21-46(22-20-43)62-65-56(44-27-31-63-32-28-44)40-57(66-62)45-29-33-64-34-30-45/h1-7,9-15,17-29,31,33,35-40,53,59,63H,8,16,30,32,34H2. The van der Waals surface area contributed by atoms with Crippen LogP contribution in [0.15, 0.2) is 211 Å². The number of nitrogens with one attached hydrogen (secondary N) is 1. The lowest BCUT2D eigenvalue weighted by Crippen LogP contribution is -2.29. The number of allylic oxidation sites excluding steroid dienone is 4. The van der Waals surface area contributed by atoms with E-state index in [4.69, 9.17) is 9.97 Å². The van der Waals surface area contributed by atoms with Gasteiger partial charge in [-0.2, -0.15) is 0 Å². The number of anilines is 2. The number of para-hydroxylation sites is 1. The number of aliphatic imine (C=N–C) groups is 1. The molecule has 3 aliphatic heterocycles. The summed E-state index contributed by atoms with van der Waals surface area (Å²) >= 11 is 0. The second-order valence-corrected chi connectivity index (χ2v) is 18.2. The Balaban J connectivity index is 0.978. The third-order valence-electron chi connectivity index (χ3n) is 14.2. The van der Waals surface area contributed by atoms with Gasteiger partial charge < -0.3 is 14.8 Å². The minimum Gasteiger partial charge on any atom is -0.387 e. The Hall–Kier alpha value is -8.35. The molecular formula is C62H48N6. The van der Waals surface area contributed by atoms with Crippen molar-refractivity contribution in [2.45, 2.75) is 31.2 Å². The summed E-state index contributed by atoms with van der Waals surface area (Å²) < 4.78 is 2.47. The molecule has 4 aliphatic rings. The van der Waals surface area contributed by atoms with E-state index in [2.05, 4.69) is 220 Å². The number of hydrogen-bond donors (Lipinski definition) is 1. The van der Waals surface area contributed by atoms with E-state index in [9.17, 15) is 0 Å². The average molecular weight is 877 g/mol. The summed E-state index contributed by atoms with van der Waals surface area (Å²) in [5.41, 5.74) is 19.7. The molecule has 1 aliphatic carbocycles. The molecule has 13 rings (SSSR count). The van der Waals surface area contributed by atoms with Gasteiger partial charge in [-0.3, -0.25) is 4.99 Å². The first-order chi connectivity index (χ1) is 33.7. The molecule has 0 spiro atoms. The van der Waals surface area contributed by atoms with Crippen LogP contribution >= 0.6 is 0 Å². The van der Waals surface area contributed by atoms with Crippen LogP contribution < -0.4 is 10.2 Å². The van der Waals surface area contributed by atoms with Crippen molar-refractivity contribution in [3.63, 3.8) is 0 Å². The van der Waals surface area contributed by atoms with Crippen LogP contribution in [0.2, 0.25) is 0 Å². The summed E-state index contributed by atoms with van der Waals surface area (Å²) in [6, 6.07) is 62.8. The second kappa shape index (κ2) is 16.8. The van der Waals surface area contributed by atoms with Crippen LogP contribution in [0.4, 0.5) is 11.4 Å². The summed E-state index contributed by atoms with van der Waals surface area (Å²) in [6.45, 7) is 1.53. The van der Waals surface area contributed by atoms with E-state index in [-0.39, 0.29) is 6.04 Å². The normalized spacial score (nSPS) is 17.2. The molecule has 2 unspecified atom stereocenters. The highest BCUT2D eigenvalue weighted by atomic mass is 15.2. The van der Waals surface area contributed by atoms with Crippen LogP contribution in [-0.2, 0) is 0 Å². The van der Waals surface area contributed by atoms with E-state index in [1.54, 1.807) is 0 Å². The number of aromatic nitrogens is 3. The van der Waals surface area contributed by atoms with E-state index in [1.165, 1.54) is 66.6 Å². The fourth-order valence-corrected chi connectivity index (χ4v) is 10.9. The highest BCUT2D eigenvalue weighted by molar-refractivity contribution is 6.10. The first kappa shape index (κ1) is 40.0. The van der Waals surface area contributed by atoms with Crippen molar-refractivity contribution in [1.82, 2.24) is 19.9 Å². The van der Waals surface area contributed by atoms with Gasteiger partial charge in [-0.1, -0.05) is 133 Å². The van der Waals surface area contributed by atoms with Gasteiger partial charge in [0.2, 0.25) is 0 Å². The number of benzene rings is 7. The minimum atomic E-state index is 0.205. The van der Waals surface area contributed by atoms with Crippen molar-refractivity contribution in [1.29, 1.82) is 0 Å². The molecule has 0 amide bonds. The van der Waals surface area contributed by atoms with Crippen molar-refractivity contribution in [3.05, 3.63) is 223 Å². The largest absolute Gasteiger partial charge is 0.387 e. The third kappa shape index (κ3) is 7.08. The van der Waals surface area contributed by atoms with Gasteiger partial charge in [-0.05, 0) is 142 Å². The number of dihydropyridines is 2. The number of fused-ring (bicyclic) bond motifs is 6. The molecule has 0 bridgehead atoms. The topological polar surface area (TPSA) is 58.3 Å². The predicted molar refractivity (Wildman–Crippen MR) is 283 cm³/mol. The molecule has 1 N–H and O–H groups in total. The highest BCUT2D eigenvalue weighted by Crippen LogP contribution is 2.51. The van der Waals surface area contributed by atoms with E-state index < -0.39 is 0 Å². The zero-order valence-electron chi connectivity index (χ0n) is 37.6. The Morgan fingerprint density at radius 2 is 1.28 bits per heavy atom. The molecule has 2 atom stereocenters. The molecule has 0 radical (unpaired) electrons. The van der Waals surface area contributed by atoms with E-state index >= 15 is 0 Å². The van der Waals surface area contributed by atoms with Gasteiger partial charge in [0, 0.05) is 58.6 Å². The zero-order chi connectivity index (χ0) is 45.0. The molecule has 6 heteroatoms. The number of rotatable bonds is 8. The van der Waals surface area contributed by atoms with Crippen LogP contribution in [0.1, 0.15) is 42.1 Å². The smallest absolute Gasteiger partial charge is 0.160 e. The fourth-order valence-electron chi connectivity index (χ4n) is 10.9. The molecule has 9 aromatic rings. The minimum absolute atomic E-state index is 0.205. The lowest BCUT2D eigenvalue weighted by atomic mass is 9.85. The van der Waals surface area contributed by atoms with Gasteiger partial charge >= 0.3 is 0 Å². The Morgan fingerprint density at radius 3 is 2.07 bits per heavy atom. The molecular weight excluding hydrogens is 829 g/mol. The maximum atomic E-state index is 5.18. The molecule has 6 nitrogen and oxygen atoms in total. The molecule has 0 saturated heterocycles. The van der Waals surface area contributed by atoms with Gasteiger partial charge in [0.25, 0.3) is 0 Å². The molecule has 326 valence electrons. The quantitative estimate of drug-likeness (QED) is 0.155. The van der Waals surface area contributed by atoms with Crippen LogP contribution in [-0.4, -0.2) is 39.9 Å². The zero-order valence-corrected chi connectivity index (χ0v) is 37.6. The van der Waals surface area contributed by atoms with Gasteiger partial charge in [0.15, 0.2) is 5.82 Å². The highest BCUT2D eigenvalue weighted by Gasteiger charge is 2.39. The molecule has 2 aromatic heterocycles. The van der Waals surface area contributed by atoms with Crippen LogP contribution in [0.3, 0.4) is 0 Å². The third-order valence-corrected chi connectivity index (χ3v) is 14.2. The van der Waals surface area contributed by atoms with E-state index in [0.29, 0.717) is 11.7 Å². The van der Waals surface area contributed by atoms with Crippen LogP contribution in [0.25, 0.3) is 83.4 Å². The monoisotopic (exact) mass is 876 g/mol.